The first-order valence-electron chi connectivity index (χ1n) is 4.69. The molecule has 0 unspecified atom stereocenters. The predicted molar refractivity (Wildman–Crippen MR) is 57.7 cm³/mol. The number of pyridine rings is 1. The monoisotopic (exact) mass is 194 g/mol. The molecule has 0 amide bonds. The van der Waals surface area contributed by atoms with Gasteiger partial charge in [-0.3, -0.25) is 4.98 Å². The van der Waals surface area contributed by atoms with Crippen LogP contribution >= 0.6 is 0 Å². The molecule has 0 saturated heterocycles. The van der Waals surface area contributed by atoms with E-state index in [1.54, 1.807) is 12.4 Å². The smallest absolute Gasteiger partial charge is 0.0741 e. The zero-order valence-corrected chi connectivity index (χ0v) is 7.96. The summed E-state index contributed by atoms with van der Waals surface area (Å²) in [5, 5.41) is 5.43. The minimum atomic E-state index is 1.02. The highest BCUT2D eigenvalue weighted by Crippen LogP contribution is 2.16. The highest BCUT2D eigenvalue weighted by Gasteiger charge is 2.02. The molecule has 1 aromatic carbocycles. The molecular formula is C12H8N3. The fraction of sp³-hybridized carbons (Fsp3) is 0. The Morgan fingerprint density at radius 3 is 2.87 bits per heavy atom. The van der Waals surface area contributed by atoms with Crippen molar-refractivity contribution in [2.24, 2.45) is 0 Å². The van der Waals surface area contributed by atoms with E-state index in [1.165, 1.54) is 0 Å². The molecule has 0 N–H and O–H groups in total. The first-order valence-corrected chi connectivity index (χ1v) is 4.69. The van der Waals surface area contributed by atoms with Crippen molar-refractivity contribution < 1.29 is 0 Å². The number of aromatic nitrogens is 3. The van der Waals surface area contributed by atoms with Gasteiger partial charge in [-0.15, -0.1) is 0 Å². The maximum Gasteiger partial charge on any atom is 0.0741 e. The standard InChI is InChI=1S/C12H8N3/c1-2-4-12-10(3-1)9-14-15(12)11-5-7-13-8-6-11/h2-9H. The minimum Gasteiger partial charge on any atom is -0.265 e. The molecule has 1 radical (unpaired) electrons. The second-order valence-corrected chi connectivity index (χ2v) is 3.25. The molecule has 0 atom stereocenters. The van der Waals surface area contributed by atoms with E-state index in [4.69, 9.17) is 0 Å². The van der Waals surface area contributed by atoms with Crippen LogP contribution in [0.1, 0.15) is 0 Å². The van der Waals surface area contributed by atoms with Crippen LogP contribution in [-0.2, 0) is 0 Å². The van der Waals surface area contributed by atoms with Crippen LogP contribution in [0.3, 0.4) is 0 Å². The SMILES string of the molecule is [c]1ccc2c(c1)cnn2-c1ccncc1. The average Bonchev–Trinajstić information content (AvgIpc) is 2.74. The van der Waals surface area contributed by atoms with Gasteiger partial charge in [-0.1, -0.05) is 6.07 Å². The summed E-state index contributed by atoms with van der Waals surface area (Å²) < 4.78 is 1.89. The summed E-state index contributed by atoms with van der Waals surface area (Å²) >= 11 is 0. The average molecular weight is 194 g/mol. The number of hydrogen-bond donors (Lipinski definition) is 0. The van der Waals surface area contributed by atoms with Crippen molar-refractivity contribution in [3.8, 4) is 5.69 Å². The van der Waals surface area contributed by atoms with Gasteiger partial charge in [-0.05, 0) is 30.3 Å². The Balaban J connectivity index is 2.28. The van der Waals surface area contributed by atoms with E-state index >= 15 is 0 Å². The van der Waals surface area contributed by atoms with Crippen molar-refractivity contribution in [1.29, 1.82) is 0 Å². The molecule has 71 valence electrons. The van der Waals surface area contributed by atoms with Gasteiger partial charge >= 0.3 is 0 Å². The Morgan fingerprint density at radius 2 is 2.00 bits per heavy atom. The number of hydrogen-bond acceptors (Lipinski definition) is 2. The third kappa shape index (κ3) is 1.29. The van der Waals surface area contributed by atoms with Gasteiger partial charge in [0, 0.05) is 17.8 Å². The number of benzene rings is 1. The Bertz CT molecular complexity index is 584. The Kier molecular flexibility index (Phi) is 1.75. The molecule has 0 aliphatic rings. The lowest BCUT2D eigenvalue weighted by atomic mass is 10.2. The van der Waals surface area contributed by atoms with Crippen molar-refractivity contribution in [2.45, 2.75) is 0 Å². The molecule has 0 saturated carbocycles. The lowest BCUT2D eigenvalue weighted by Gasteiger charge is -2.01. The molecule has 0 fully saturated rings. The Labute approximate surface area is 87.0 Å². The number of rotatable bonds is 1. The quantitative estimate of drug-likeness (QED) is 0.594. The largest absolute Gasteiger partial charge is 0.265 e. The van der Waals surface area contributed by atoms with Crippen LogP contribution in [0.25, 0.3) is 16.6 Å². The van der Waals surface area contributed by atoms with Crippen LogP contribution in [-0.4, -0.2) is 14.8 Å². The molecular weight excluding hydrogens is 186 g/mol. The molecule has 15 heavy (non-hydrogen) atoms. The summed E-state index contributed by atoms with van der Waals surface area (Å²) in [4.78, 5) is 3.99. The molecule has 2 heterocycles. The maximum absolute atomic E-state index is 4.33. The van der Waals surface area contributed by atoms with Gasteiger partial charge in [0.25, 0.3) is 0 Å². The van der Waals surface area contributed by atoms with Crippen LogP contribution in [0.4, 0.5) is 0 Å². The van der Waals surface area contributed by atoms with E-state index in [1.807, 2.05) is 41.2 Å². The van der Waals surface area contributed by atoms with Crippen LogP contribution < -0.4 is 0 Å². The Hall–Kier alpha value is -2.16. The second-order valence-electron chi connectivity index (χ2n) is 3.25. The highest BCUT2D eigenvalue weighted by molar-refractivity contribution is 5.79. The van der Waals surface area contributed by atoms with Crippen molar-refractivity contribution in [1.82, 2.24) is 14.8 Å². The lowest BCUT2D eigenvalue weighted by molar-refractivity contribution is 0.907. The number of fused-ring (bicyclic) bond motifs is 1. The Morgan fingerprint density at radius 1 is 1.13 bits per heavy atom. The van der Waals surface area contributed by atoms with E-state index in [9.17, 15) is 0 Å². The van der Waals surface area contributed by atoms with Crippen molar-refractivity contribution in [2.75, 3.05) is 0 Å². The molecule has 0 aliphatic heterocycles. The summed E-state index contributed by atoms with van der Waals surface area (Å²) in [5.41, 5.74) is 2.10. The summed E-state index contributed by atoms with van der Waals surface area (Å²) in [7, 11) is 0. The van der Waals surface area contributed by atoms with Gasteiger partial charge in [-0.2, -0.15) is 5.10 Å². The first kappa shape index (κ1) is 8.17. The molecule has 0 bridgehead atoms. The van der Waals surface area contributed by atoms with Gasteiger partial charge in [0.1, 0.15) is 0 Å². The fourth-order valence-corrected chi connectivity index (χ4v) is 1.60. The minimum absolute atomic E-state index is 1.02. The zero-order valence-electron chi connectivity index (χ0n) is 7.96. The molecule has 3 nitrogen and oxygen atoms in total. The summed E-state index contributed by atoms with van der Waals surface area (Å²) in [6.45, 7) is 0. The van der Waals surface area contributed by atoms with Gasteiger partial charge in [0.15, 0.2) is 0 Å². The van der Waals surface area contributed by atoms with Crippen LogP contribution in [0, 0.1) is 6.07 Å². The summed E-state index contributed by atoms with van der Waals surface area (Å²) in [6, 6.07) is 12.7. The van der Waals surface area contributed by atoms with Gasteiger partial charge in [-0.25, -0.2) is 4.68 Å². The topological polar surface area (TPSA) is 30.7 Å². The van der Waals surface area contributed by atoms with Gasteiger partial charge in [0.05, 0.1) is 17.4 Å². The van der Waals surface area contributed by atoms with Crippen LogP contribution in [0.5, 0.6) is 0 Å². The zero-order chi connectivity index (χ0) is 10.1. The van der Waals surface area contributed by atoms with Crippen LogP contribution in [0.2, 0.25) is 0 Å². The van der Waals surface area contributed by atoms with Crippen molar-refractivity contribution in [3.05, 3.63) is 55.0 Å². The lowest BCUT2D eigenvalue weighted by Crippen LogP contribution is -1.95. The molecule has 3 aromatic rings. The van der Waals surface area contributed by atoms with E-state index in [0.717, 1.165) is 16.6 Å². The highest BCUT2D eigenvalue weighted by atomic mass is 15.3. The second kappa shape index (κ2) is 3.20. The maximum atomic E-state index is 4.33. The van der Waals surface area contributed by atoms with E-state index < -0.39 is 0 Å². The van der Waals surface area contributed by atoms with Crippen LogP contribution in [0.15, 0.2) is 48.9 Å². The predicted octanol–water partition coefficient (Wildman–Crippen LogP) is 2.22. The van der Waals surface area contributed by atoms with Crippen molar-refractivity contribution in [3.63, 3.8) is 0 Å². The summed E-state index contributed by atoms with van der Waals surface area (Å²) in [6.07, 6.45) is 5.36. The molecule has 0 aliphatic carbocycles. The third-order valence-electron chi connectivity index (χ3n) is 2.32. The first-order chi connectivity index (χ1) is 7.45. The normalized spacial score (nSPS) is 10.7. The molecule has 0 spiro atoms. The number of nitrogens with zero attached hydrogens (tertiary/aromatic N) is 3. The van der Waals surface area contributed by atoms with Gasteiger partial charge in [0.2, 0.25) is 0 Å². The fourth-order valence-electron chi connectivity index (χ4n) is 1.60. The molecule has 3 heteroatoms. The van der Waals surface area contributed by atoms with E-state index in [-0.39, 0.29) is 0 Å². The summed E-state index contributed by atoms with van der Waals surface area (Å²) in [5.74, 6) is 0. The molecule has 2 aromatic heterocycles. The van der Waals surface area contributed by atoms with Crippen molar-refractivity contribution >= 4 is 10.9 Å². The van der Waals surface area contributed by atoms with Gasteiger partial charge < -0.3 is 0 Å². The van der Waals surface area contributed by atoms with E-state index in [2.05, 4.69) is 16.1 Å². The molecule has 3 rings (SSSR count). The van der Waals surface area contributed by atoms with E-state index in [0.29, 0.717) is 0 Å². The third-order valence-corrected chi connectivity index (χ3v) is 2.32.